The van der Waals surface area contributed by atoms with Crippen LogP contribution in [0.3, 0.4) is 0 Å². The van der Waals surface area contributed by atoms with Crippen LogP contribution in [-0.2, 0) is 4.84 Å². The zero-order valence-electron chi connectivity index (χ0n) is 12.0. The van der Waals surface area contributed by atoms with Crippen LogP contribution < -0.4 is 4.74 Å². The number of hydrogen-bond donors (Lipinski definition) is 0. The van der Waals surface area contributed by atoms with E-state index in [-0.39, 0.29) is 11.7 Å². The molecule has 1 aromatic heterocycles. The summed E-state index contributed by atoms with van der Waals surface area (Å²) in [5.74, 6) is 0.190. The van der Waals surface area contributed by atoms with Crippen molar-refractivity contribution in [1.82, 2.24) is 10.0 Å². The van der Waals surface area contributed by atoms with E-state index in [9.17, 15) is 9.18 Å². The number of carbonyl (C=O) groups is 1. The molecule has 1 amide bonds. The van der Waals surface area contributed by atoms with Gasteiger partial charge in [-0.2, -0.15) is 0 Å². The molecule has 2 aromatic rings. The predicted octanol–water partition coefficient (Wildman–Crippen LogP) is 2.95. The van der Waals surface area contributed by atoms with Crippen LogP contribution in [0.1, 0.15) is 15.9 Å². The molecule has 0 aliphatic rings. The van der Waals surface area contributed by atoms with Gasteiger partial charge in [-0.05, 0) is 37.3 Å². The third-order valence-electron chi connectivity index (χ3n) is 2.87. The number of ether oxygens (including phenoxy) is 1. The van der Waals surface area contributed by atoms with Crippen LogP contribution in [0, 0.1) is 12.7 Å². The lowest BCUT2D eigenvalue weighted by Gasteiger charge is -2.14. The van der Waals surface area contributed by atoms with Crippen molar-refractivity contribution < 1.29 is 18.8 Å². The summed E-state index contributed by atoms with van der Waals surface area (Å²) in [5.41, 5.74) is 1.08. The number of hydrogen-bond acceptors (Lipinski definition) is 4. The maximum Gasteiger partial charge on any atom is 0.278 e. The lowest BCUT2D eigenvalue weighted by Crippen LogP contribution is -2.25. The molecule has 0 saturated carbocycles. The van der Waals surface area contributed by atoms with Crippen LogP contribution in [0.4, 0.5) is 4.39 Å². The Balaban J connectivity index is 2.19. The second kappa shape index (κ2) is 6.32. The maximum atomic E-state index is 12.8. The number of aryl methyl sites for hydroxylation is 1. The molecule has 0 aliphatic heterocycles. The fourth-order valence-electron chi connectivity index (χ4n) is 1.67. The predicted molar refractivity (Wildman–Crippen MR) is 74.6 cm³/mol. The number of benzene rings is 1. The zero-order valence-corrected chi connectivity index (χ0v) is 12.0. The van der Waals surface area contributed by atoms with Crippen LogP contribution in [0.2, 0.25) is 0 Å². The van der Waals surface area contributed by atoms with Crippen molar-refractivity contribution in [3.8, 4) is 11.6 Å². The van der Waals surface area contributed by atoms with Crippen LogP contribution in [0.15, 0.2) is 36.5 Å². The monoisotopic (exact) mass is 290 g/mol. The first-order valence-corrected chi connectivity index (χ1v) is 6.23. The van der Waals surface area contributed by atoms with Gasteiger partial charge < -0.3 is 4.74 Å². The molecule has 1 heterocycles. The first-order valence-electron chi connectivity index (χ1n) is 6.23. The SMILES string of the molecule is CON(C)C(=O)c1cnc(Oc2ccc(F)cc2)c(C)c1. The smallest absolute Gasteiger partial charge is 0.278 e. The Hall–Kier alpha value is -2.47. The molecule has 1 aromatic carbocycles. The lowest BCUT2D eigenvalue weighted by atomic mass is 10.2. The number of hydroxylamine groups is 2. The Bertz CT molecular complexity index is 644. The molecule has 21 heavy (non-hydrogen) atoms. The number of carbonyl (C=O) groups excluding carboxylic acids is 1. The second-order valence-electron chi connectivity index (χ2n) is 4.39. The van der Waals surface area contributed by atoms with E-state index in [2.05, 4.69) is 4.98 Å². The van der Waals surface area contributed by atoms with Crippen molar-refractivity contribution in [2.45, 2.75) is 6.92 Å². The van der Waals surface area contributed by atoms with Crippen molar-refractivity contribution in [3.05, 3.63) is 53.5 Å². The molecule has 0 atom stereocenters. The molecule has 2 rings (SSSR count). The highest BCUT2D eigenvalue weighted by Crippen LogP contribution is 2.23. The third kappa shape index (κ3) is 3.55. The van der Waals surface area contributed by atoms with Gasteiger partial charge in [0.2, 0.25) is 5.88 Å². The van der Waals surface area contributed by atoms with E-state index < -0.39 is 0 Å². The minimum Gasteiger partial charge on any atom is -0.439 e. The van der Waals surface area contributed by atoms with Gasteiger partial charge in [0.25, 0.3) is 5.91 Å². The van der Waals surface area contributed by atoms with Crippen molar-refractivity contribution >= 4 is 5.91 Å². The van der Waals surface area contributed by atoms with Crippen molar-refractivity contribution in [1.29, 1.82) is 0 Å². The van der Waals surface area contributed by atoms with E-state index in [0.29, 0.717) is 22.8 Å². The number of aromatic nitrogens is 1. The number of pyridine rings is 1. The summed E-state index contributed by atoms with van der Waals surface area (Å²) in [5, 5.41) is 1.11. The van der Waals surface area contributed by atoms with E-state index in [0.717, 1.165) is 5.06 Å². The number of rotatable bonds is 4. The van der Waals surface area contributed by atoms with E-state index in [1.54, 1.807) is 13.0 Å². The molecular formula is C15H15FN2O3. The number of halogens is 1. The van der Waals surface area contributed by atoms with Gasteiger partial charge in [-0.3, -0.25) is 9.63 Å². The molecule has 0 fully saturated rings. The largest absolute Gasteiger partial charge is 0.439 e. The summed E-state index contributed by atoms with van der Waals surface area (Å²) in [6.07, 6.45) is 1.41. The second-order valence-corrected chi connectivity index (χ2v) is 4.39. The molecule has 0 bridgehead atoms. The lowest BCUT2D eigenvalue weighted by molar-refractivity contribution is -0.0757. The average molecular weight is 290 g/mol. The molecule has 6 heteroatoms. The van der Waals surface area contributed by atoms with Crippen LogP contribution in [-0.4, -0.2) is 30.1 Å². The molecule has 0 N–H and O–H groups in total. The Morgan fingerprint density at radius 2 is 1.95 bits per heavy atom. The third-order valence-corrected chi connectivity index (χ3v) is 2.87. The minimum absolute atomic E-state index is 0.304. The van der Waals surface area contributed by atoms with E-state index in [4.69, 9.17) is 9.57 Å². The van der Waals surface area contributed by atoms with Gasteiger partial charge in [0.1, 0.15) is 11.6 Å². The summed E-state index contributed by atoms with van der Waals surface area (Å²) in [4.78, 5) is 20.9. The van der Waals surface area contributed by atoms with Gasteiger partial charge >= 0.3 is 0 Å². The fourth-order valence-corrected chi connectivity index (χ4v) is 1.67. The van der Waals surface area contributed by atoms with Gasteiger partial charge in [0.15, 0.2) is 0 Å². The molecule has 110 valence electrons. The van der Waals surface area contributed by atoms with Crippen LogP contribution in [0.5, 0.6) is 11.6 Å². The summed E-state index contributed by atoms with van der Waals surface area (Å²) < 4.78 is 18.4. The Labute approximate surface area is 121 Å². The topological polar surface area (TPSA) is 51.7 Å². The van der Waals surface area contributed by atoms with Gasteiger partial charge in [0, 0.05) is 18.8 Å². The molecule has 0 aliphatic carbocycles. The van der Waals surface area contributed by atoms with Gasteiger partial charge in [-0.25, -0.2) is 14.4 Å². The van der Waals surface area contributed by atoms with E-state index >= 15 is 0 Å². The van der Waals surface area contributed by atoms with Crippen molar-refractivity contribution in [2.75, 3.05) is 14.2 Å². The maximum absolute atomic E-state index is 12.8. The molecular weight excluding hydrogens is 275 g/mol. The number of amides is 1. The first-order chi connectivity index (χ1) is 10.0. The summed E-state index contributed by atoms with van der Waals surface area (Å²) >= 11 is 0. The Kier molecular flexibility index (Phi) is 4.49. The summed E-state index contributed by atoms with van der Waals surface area (Å²) in [6, 6.07) is 7.28. The van der Waals surface area contributed by atoms with Gasteiger partial charge in [-0.1, -0.05) is 0 Å². The highest BCUT2D eigenvalue weighted by atomic mass is 19.1. The standard InChI is InChI=1S/C15H15FN2O3/c1-10-8-11(15(19)18(2)20-3)9-17-14(10)21-13-6-4-12(16)5-7-13/h4-9H,1-3H3. The van der Waals surface area contributed by atoms with Crippen LogP contribution >= 0.6 is 0 Å². The van der Waals surface area contributed by atoms with Gasteiger partial charge in [0.05, 0.1) is 12.7 Å². The summed E-state index contributed by atoms with van der Waals surface area (Å²) in [7, 11) is 2.92. The van der Waals surface area contributed by atoms with E-state index in [1.807, 2.05) is 0 Å². The van der Waals surface area contributed by atoms with Crippen molar-refractivity contribution in [3.63, 3.8) is 0 Å². The molecule has 0 saturated heterocycles. The van der Waals surface area contributed by atoms with Gasteiger partial charge in [-0.15, -0.1) is 0 Å². The highest BCUT2D eigenvalue weighted by molar-refractivity contribution is 5.93. The molecule has 0 spiro atoms. The molecule has 0 unspecified atom stereocenters. The highest BCUT2D eigenvalue weighted by Gasteiger charge is 2.14. The fraction of sp³-hybridized carbons (Fsp3) is 0.200. The normalized spacial score (nSPS) is 10.3. The van der Waals surface area contributed by atoms with E-state index in [1.165, 1.54) is 44.6 Å². The Morgan fingerprint density at radius 3 is 2.52 bits per heavy atom. The van der Waals surface area contributed by atoms with Crippen LogP contribution in [0.25, 0.3) is 0 Å². The quantitative estimate of drug-likeness (QED) is 0.812. The zero-order chi connectivity index (χ0) is 15.4. The summed E-state index contributed by atoms with van der Waals surface area (Å²) in [6.45, 7) is 1.77. The van der Waals surface area contributed by atoms with Crippen molar-refractivity contribution in [2.24, 2.45) is 0 Å². The number of nitrogens with zero attached hydrogens (tertiary/aromatic N) is 2. The molecule has 5 nitrogen and oxygen atoms in total. The minimum atomic E-state index is -0.337. The average Bonchev–Trinajstić information content (AvgIpc) is 2.50. The Morgan fingerprint density at radius 1 is 1.29 bits per heavy atom. The first kappa shape index (κ1) is 14.9. The molecule has 0 radical (unpaired) electrons.